The first kappa shape index (κ1) is 39.2. The number of rotatable bonds is 7. The first-order chi connectivity index (χ1) is 32.8. The summed E-state index contributed by atoms with van der Waals surface area (Å²) in [7, 11) is 0. The molecule has 13 rings (SSSR count). The van der Waals surface area contributed by atoms with Gasteiger partial charge in [-0.3, -0.25) is 0 Å². The van der Waals surface area contributed by atoms with Gasteiger partial charge in [0, 0.05) is 55.4 Å². The van der Waals surface area contributed by atoms with Crippen molar-refractivity contribution in [3.05, 3.63) is 247 Å². The zero-order valence-electron chi connectivity index (χ0n) is 38.2. The maximum Gasteiger partial charge on any atom is 0.0620 e. The van der Waals surface area contributed by atoms with E-state index in [0.29, 0.717) is 0 Å². The molecule has 1 aromatic heterocycles. The predicted molar refractivity (Wildman–Crippen MR) is 283 cm³/mol. The van der Waals surface area contributed by atoms with Crippen LogP contribution in [-0.2, 0) is 10.8 Å². The SMILES string of the molecule is CC1(C)c2ccccc2-c2cc(N(c3ccccc3)c3cc(N(c4ccccc4)c4ccc5c(c4)-c4ccccc4C5(C)C)c4c5ccc6ccccc6c5n(-c5ccccc5)c4c3)ccc21. The Hall–Kier alpha value is -8.14. The van der Waals surface area contributed by atoms with Crippen molar-refractivity contribution in [1.82, 2.24) is 4.57 Å². The first-order valence-electron chi connectivity index (χ1n) is 23.5. The van der Waals surface area contributed by atoms with Crippen molar-refractivity contribution in [2.75, 3.05) is 9.80 Å². The monoisotopic (exact) mass is 859 g/mol. The smallest absolute Gasteiger partial charge is 0.0620 e. The fourth-order valence-corrected chi connectivity index (χ4v) is 11.7. The predicted octanol–water partition coefficient (Wildman–Crippen LogP) is 17.5. The van der Waals surface area contributed by atoms with Crippen molar-refractivity contribution in [1.29, 1.82) is 0 Å². The van der Waals surface area contributed by atoms with E-state index in [4.69, 9.17) is 0 Å². The van der Waals surface area contributed by atoms with Crippen molar-refractivity contribution >= 4 is 66.7 Å². The van der Waals surface area contributed by atoms with Crippen molar-refractivity contribution in [3.63, 3.8) is 0 Å². The lowest BCUT2D eigenvalue weighted by molar-refractivity contribution is 0.660. The fraction of sp³-hybridized carbons (Fsp3) is 0.0938. The lowest BCUT2D eigenvalue weighted by Gasteiger charge is -2.31. The van der Waals surface area contributed by atoms with Gasteiger partial charge in [0.2, 0.25) is 0 Å². The van der Waals surface area contributed by atoms with Crippen LogP contribution >= 0.6 is 0 Å². The Labute approximate surface area is 392 Å². The maximum absolute atomic E-state index is 2.51. The molecule has 10 aromatic carbocycles. The van der Waals surface area contributed by atoms with Gasteiger partial charge in [-0.15, -0.1) is 0 Å². The molecule has 0 aliphatic heterocycles. The van der Waals surface area contributed by atoms with E-state index in [1.54, 1.807) is 0 Å². The van der Waals surface area contributed by atoms with Crippen molar-refractivity contribution in [3.8, 4) is 27.9 Å². The van der Waals surface area contributed by atoms with Gasteiger partial charge in [-0.2, -0.15) is 0 Å². The van der Waals surface area contributed by atoms with Gasteiger partial charge < -0.3 is 14.4 Å². The van der Waals surface area contributed by atoms with E-state index >= 15 is 0 Å². The Morgan fingerprint density at radius 2 is 0.836 bits per heavy atom. The van der Waals surface area contributed by atoms with Crippen molar-refractivity contribution in [2.24, 2.45) is 0 Å². The second-order valence-corrected chi connectivity index (χ2v) is 19.4. The molecule has 0 bridgehead atoms. The minimum Gasteiger partial charge on any atom is -0.310 e. The largest absolute Gasteiger partial charge is 0.310 e. The molecular formula is C64H49N3. The molecule has 0 amide bonds. The zero-order valence-corrected chi connectivity index (χ0v) is 38.2. The first-order valence-corrected chi connectivity index (χ1v) is 23.5. The maximum atomic E-state index is 2.51. The lowest BCUT2D eigenvalue weighted by Crippen LogP contribution is -2.16. The van der Waals surface area contributed by atoms with Gasteiger partial charge in [-0.25, -0.2) is 0 Å². The van der Waals surface area contributed by atoms with Crippen LogP contribution in [0.2, 0.25) is 0 Å². The van der Waals surface area contributed by atoms with Crippen LogP contribution in [0.4, 0.5) is 34.1 Å². The van der Waals surface area contributed by atoms with E-state index in [1.165, 1.54) is 71.6 Å². The molecule has 0 saturated heterocycles. The molecule has 0 radical (unpaired) electrons. The summed E-state index contributed by atoms with van der Waals surface area (Å²) in [4.78, 5) is 4.97. The highest BCUT2D eigenvalue weighted by atomic mass is 15.2. The molecule has 0 N–H and O–H groups in total. The van der Waals surface area contributed by atoms with E-state index < -0.39 is 0 Å². The Bertz CT molecular complexity index is 3750. The van der Waals surface area contributed by atoms with Gasteiger partial charge in [-0.05, 0) is 123 Å². The van der Waals surface area contributed by atoms with Crippen LogP contribution in [0.25, 0.3) is 60.5 Å². The Morgan fingerprint density at radius 1 is 0.343 bits per heavy atom. The normalized spacial score (nSPS) is 13.9. The molecule has 2 aliphatic carbocycles. The lowest BCUT2D eigenvalue weighted by atomic mass is 9.82. The average molecular weight is 860 g/mol. The highest BCUT2D eigenvalue weighted by Gasteiger charge is 2.37. The standard InChI is InChI=1S/C64H49N3/c1-63(2)55-30-18-16-28-50(55)53-38-46(33-36-57(53)63)65(43-21-8-5-9-22-43)48-40-59(61-52-35-32-42-20-14-15-27-49(42)62(52)67(60(61)41-48)45-25-12-7-13-26-45)66(44-23-10-6-11-24-44)47-34-37-58-54(39-47)51-29-17-19-31-56(51)64(58,3)4/h5-41H,1-4H3. The summed E-state index contributed by atoms with van der Waals surface area (Å²) in [5, 5.41) is 4.82. The molecule has 320 valence electrons. The van der Waals surface area contributed by atoms with E-state index in [1.807, 2.05) is 0 Å². The summed E-state index contributed by atoms with van der Waals surface area (Å²) in [5.74, 6) is 0. The third kappa shape index (κ3) is 5.84. The molecule has 0 saturated carbocycles. The summed E-state index contributed by atoms with van der Waals surface area (Å²) in [6.45, 7) is 9.43. The number of hydrogen-bond donors (Lipinski definition) is 0. The molecule has 3 heteroatoms. The quantitative estimate of drug-likeness (QED) is 0.158. The minimum atomic E-state index is -0.110. The number of benzene rings is 10. The minimum absolute atomic E-state index is 0.102. The topological polar surface area (TPSA) is 11.4 Å². The van der Waals surface area contributed by atoms with Crippen molar-refractivity contribution in [2.45, 2.75) is 38.5 Å². The molecule has 0 unspecified atom stereocenters. The van der Waals surface area contributed by atoms with E-state index in [-0.39, 0.29) is 10.8 Å². The summed E-state index contributed by atoms with van der Waals surface area (Å²) < 4.78 is 2.51. The Morgan fingerprint density at radius 3 is 1.45 bits per heavy atom. The summed E-state index contributed by atoms with van der Waals surface area (Å²) in [6.07, 6.45) is 0. The average Bonchev–Trinajstić information content (AvgIpc) is 3.92. The van der Waals surface area contributed by atoms with E-state index in [2.05, 4.69) is 267 Å². The fourth-order valence-electron chi connectivity index (χ4n) is 11.7. The molecule has 0 fully saturated rings. The number of nitrogens with zero attached hydrogens (tertiary/aromatic N) is 3. The third-order valence-electron chi connectivity index (χ3n) is 14.9. The number of anilines is 6. The second kappa shape index (κ2) is 14.7. The van der Waals surface area contributed by atoms with Gasteiger partial charge >= 0.3 is 0 Å². The van der Waals surface area contributed by atoms with Crippen LogP contribution in [0, 0.1) is 0 Å². The van der Waals surface area contributed by atoms with Crippen LogP contribution in [0.1, 0.15) is 49.9 Å². The molecule has 0 atom stereocenters. The van der Waals surface area contributed by atoms with E-state index in [9.17, 15) is 0 Å². The van der Waals surface area contributed by atoms with Gasteiger partial charge in [-0.1, -0.05) is 179 Å². The molecule has 11 aromatic rings. The number of fused-ring (bicyclic) bond motifs is 11. The second-order valence-electron chi connectivity index (χ2n) is 19.4. The molecule has 67 heavy (non-hydrogen) atoms. The highest BCUT2D eigenvalue weighted by molar-refractivity contribution is 6.23. The van der Waals surface area contributed by atoms with Crippen LogP contribution in [0.5, 0.6) is 0 Å². The van der Waals surface area contributed by atoms with E-state index in [0.717, 1.165) is 45.3 Å². The van der Waals surface area contributed by atoms with Crippen LogP contribution in [0.3, 0.4) is 0 Å². The molecule has 0 spiro atoms. The summed E-state index contributed by atoms with van der Waals surface area (Å²) in [6, 6.07) is 83.3. The van der Waals surface area contributed by atoms with Gasteiger partial charge in [0.25, 0.3) is 0 Å². The number of hydrogen-bond acceptors (Lipinski definition) is 2. The molecule has 1 heterocycles. The number of aromatic nitrogens is 1. The van der Waals surface area contributed by atoms with Crippen molar-refractivity contribution < 1.29 is 0 Å². The molecular weight excluding hydrogens is 811 g/mol. The van der Waals surface area contributed by atoms with Gasteiger partial charge in [0.05, 0.1) is 22.4 Å². The van der Waals surface area contributed by atoms with Gasteiger partial charge in [0.1, 0.15) is 0 Å². The summed E-state index contributed by atoms with van der Waals surface area (Å²) in [5.41, 5.74) is 20.4. The summed E-state index contributed by atoms with van der Waals surface area (Å²) >= 11 is 0. The highest BCUT2D eigenvalue weighted by Crippen LogP contribution is 2.55. The Balaban J connectivity index is 1.16. The number of para-hydroxylation sites is 3. The third-order valence-corrected chi connectivity index (χ3v) is 14.9. The molecule has 3 nitrogen and oxygen atoms in total. The van der Waals surface area contributed by atoms with Crippen LogP contribution in [-0.4, -0.2) is 4.57 Å². The van der Waals surface area contributed by atoms with Crippen LogP contribution in [0.15, 0.2) is 224 Å². The zero-order chi connectivity index (χ0) is 45.0. The van der Waals surface area contributed by atoms with Gasteiger partial charge in [0.15, 0.2) is 0 Å². The Kier molecular flexibility index (Phi) is 8.60. The van der Waals surface area contributed by atoms with Crippen LogP contribution < -0.4 is 9.80 Å². The molecule has 2 aliphatic rings.